The molecule has 4 heterocycles. The van der Waals surface area contributed by atoms with Crippen molar-refractivity contribution in [2.75, 3.05) is 5.32 Å². The number of thiophene rings is 1. The zero-order chi connectivity index (χ0) is 20.8. The third-order valence-corrected chi connectivity index (χ3v) is 8.34. The van der Waals surface area contributed by atoms with Crippen molar-refractivity contribution in [1.29, 1.82) is 0 Å². The molecule has 1 N–H and O–H groups in total. The predicted molar refractivity (Wildman–Crippen MR) is 126 cm³/mol. The molecule has 6 nitrogen and oxygen atoms in total. The van der Waals surface area contributed by atoms with Crippen LogP contribution in [-0.4, -0.2) is 24.7 Å². The van der Waals surface area contributed by atoms with Gasteiger partial charge in [-0.25, -0.2) is 9.97 Å². The molecule has 6 rings (SSSR count). The smallest absolute Gasteiger partial charge is 0.152 e. The normalized spacial score (nSPS) is 14.9. The number of hydrogen-bond acceptors (Lipinski definition) is 7. The van der Waals surface area contributed by atoms with E-state index in [0.717, 1.165) is 76.0 Å². The van der Waals surface area contributed by atoms with Gasteiger partial charge in [-0.2, -0.15) is 0 Å². The Hall–Kier alpha value is -2.16. The van der Waals surface area contributed by atoms with Gasteiger partial charge in [0, 0.05) is 27.8 Å². The second kappa shape index (κ2) is 8.07. The zero-order valence-electron chi connectivity index (χ0n) is 16.9. The summed E-state index contributed by atoms with van der Waals surface area (Å²) in [5.74, 6) is 4.59. The summed E-state index contributed by atoms with van der Waals surface area (Å²) < 4.78 is 2.24. The van der Waals surface area contributed by atoms with Gasteiger partial charge >= 0.3 is 0 Å². The molecule has 31 heavy (non-hydrogen) atoms. The van der Waals surface area contributed by atoms with Crippen molar-refractivity contribution in [3.63, 3.8) is 0 Å². The average molecular weight is 469 g/mol. The average Bonchev–Trinajstić information content (AvgIpc) is 3.53. The Kier molecular flexibility index (Phi) is 5.08. The molecule has 158 valence electrons. The number of benzene rings is 1. The fourth-order valence-electron chi connectivity index (χ4n) is 4.42. The summed E-state index contributed by atoms with van der Waals surface area (Å²) in [4.78, 5) is 13.6. The fourth-order valence-corrected chi connectivity index (χ4v) is 6.57. The van der Waals surface area contributed by atoms with Crippen LogP contribution in [0.1, 0.15) is 40.8 Å². The second-order valence-electron chi connectivity index (χ2n) is 7.91. The Bertz CT molecular complexity index is 1260. The first kappa shape index (κ1) is 19.5. The Balaban J connectivity index is 1.30. The lowest BCUT2D eigenvalue weighted by molar-refractivity contribution is 0.695. The molecule has 9 heteroatoms. The van der Waals surface area contributed by atoms with E-state index in [0.29, 0.717) is 6.54 Å². The maximum absolute atomic E-state index is 6.01. The molecule has 1 aliphatic heterocycles. The molecular weight excluding hydrogens is 448 g/mol. The van der Waals surface area contributed by atoms with Crippen LogP contribution < -0.4 is 5.32 Å². The minimum absolute atomic E-state index is 0.632. The number of aromatic nitrogens is 5. The first-order chi connectivity index (χ1) is 15.2. The van der Waals surface area contributed by atoms with Crippen LogP contribution in [-0.2, 0) is 38.1 Å². The van der Waals surface area contributed by atoms with Crippen molar-refractivity contribution in [2.45, 2.75) is 55.8 Å². The van der Waals surface area contributed by atoms with Crippen LogP contribution in [0, 0.1) is 0 Å². The Morgan fingerprint density at radius 2 is 1.97 bits per heavy atom. The number of hydrogen-bond donors (Lipinski definition) is 1. The standard InChI is InChI=1S/C22H21ClN6S2/c23-13-6-8-14(9-7-13)30-12-17-25-21(20-15-3-1-4-16(15)31-22(20)26-17)24-11-19-28-27-18-5-2-10-29(18)19/h6-9H,1-5,10-12H2,(H,24,25,26). The molecular formula is C22H21ClN6S2. The van der Waals surface area contributed by atoms with Crippen LogP contribution in [0.5, 0.6) is 0 Å². The fraction of sp³-hybridized carbons (Fsp3) is 0.364. The van der Waals surface area contributed by atoms with Gasteiger partial charge in [0.15, 0.2) is 5.82 Å². The molecule has 3 aromatic heterocycles. The van der Waals surface area contributed by atoms with Crippen LogP contribution in [0.3, 0.4) is 0 Å². The molecule has 0 bridgehead atoms. The van der Waals surface area contributed by atoms with Gasteiger partial charge in [-0.05, 0) is 55.5 Å². The molecule has 0 saturated heterocycles. The van der Waals surface area contributed by atoms with Crippen LogP contribution in [0.25, 0.3) is 10.2 Å². The number of fused-ring (bicyclic) bond motifs is 4. The topological polar surface area (TPSA) is 68.5 Å². The van der Waals surface area contributed by atoms with Gasteiger partial charge in [-0.1, -0.05) is 11.6 Å². The quantitative estimate of drug-likeness (QED) is 0.388. The van der Waals surface area contributed by atoms with Crippen molar-refractivity contribution < 1.29 is 0 Å². The molecule has 4 aromatic rings. The van der Waals surface area contributed by atoms with E-state index in [4.69, 9.17) is 21.6 Å². The van der Waals surface area contributed by atoms with Crippen molar-refractivity contribution in [3.05, 3.63) is 57.2 Å². The van der Waals surface area contributed by atoms with Crippen molar-refractivity contribution in [2.24, 2.45) is 0 Å². The summed E-state index contributed by atoms with van der Waals surface area (Å²) in [5.41, 5.74) is 1.44. The minimum Gasteiger partial charge on any atom is -0.362 e. The third kappa shape index (κ3) is 3.70. The number of nitrogens with one attached hydrogen (secondary N) is 1. The Morgan fingerprint density at radius 3 is 2.87 bits per heavy atom. The predicted octanol–water partition coefficient (Wildman–Crippen LogP) is 5.28. The van der Waals surface area contributed by atoms with Gasteiger partial charge in [0.2, 0.25) is 0 Å². The number of thioether (sulfide) groups is 1. The summed E-state index contributed by atoms with van der Waals surface area (Å²) in [6, 6.07) is 7.91. The van der Waals surface area contributed by atoms with Crippen LogP contribution in [0.15, 0.2) is 29.2 Å². The summed E-state index contributed by atoms with van der Waals surface area (Å²) in [6.07, 6.45) is 5.67. The summed E-state index contributed by atoms with van der Waals surface area (Å²) >= 11 is 9.57. The third-order valence-electron chi connectivity index (χ3n) is 5.89. The SMILES string of the molecule is Clc1ccc(SCc2nc(NCc3nnc4n3CCC4)c3c4c(sc3n2)CCC4)cc1. The molecule has 1 aromatic carbocycles. The highest BCUT2D eigenvalue weighted by molar-refractivity contribution is 7.98. The van der Waals surface area contributed by atoms with E-state index in [1.165, 1.54) is 22.2 Å². The first-order valence-electron chi connectivity index (χ1n) is 10.6. The second-order valence-corrected chi connectivity index (χ2v) is 10.5. The van der Waals surface area contributed by atoms with E-state index < -0.39 is 0 Å². The van der Waals surface area contributed by atoms with E-state index in [1.807, 2.05) is 35.6 Å². The molecule has 0 fully saturated rings. The lowest BCUT2D eigenvalue weighted by Crippen LogP contribution is -2.10. The highest BCUT2D eigenvalue weighted by Gasteiger charge is 2.23. The van der Waals surface area contributed by atoms with Crippen molar-refractivity contribution in [3.8, 4) is 0 Å². The molecule has 0 amide bonds. The minimum atomic E-state index is 0.632. The van der Waals surface area contributed by atoms with E-state index in [1.54, 1.807) is 11.8 Å². The van der Waals surface area contributed by atoms with E-state index in [9.17, 15) is 0 Å². The summed E-state index contributed by atoms with van der Waals surface area (Å²) in [7, 11) is 0. The highest BCUT2D eigenvalue weighted by Crippen LogP contribution is 2.40. The van der Waals surface area contributed by atoms with Gasteiger partial charge in [0.25, 0.3) is 0 Å². The molecule has 0 unspecified atom stereocenters. The van der Waals surface area contributed by atoms with Crippen molar-refractivity contribution >= 4 is 50.7 Å². The van der Waals surface area contributed by atoms with Crippen LogP contribution in [0.2, 0.25) is 5.02 Å². The molecule has 0 spiro atoms. The first-order valence-corrected chi connectivity index (χ1v) is 12.8. The van der Waals surface area contributed by atoms with Crippen LogP contribution >= 0.6 is 34.7 Å². The Labute approximate surface area is 193 Å². The number of rotatable bonds is 6. The highest BCUT2D eigenvalue weighted by atomic mass is 35.5. The van der Waals surface area contributed by atoms with E-state index in [2.05, 4.69) is 20.1 Å². The maximum Gasteiger partial charge on any atom is 0.152 e. The van der Waals surface area contributed by atoms with Gasteiger partial charge in [0.1, 0.15) is 22.3 Å². The zero-order valence-corrected chi connectivity index (χ0v) is 19.3. The Morgan fingerprint density at radius 1 is 1.06 bits per heavy atom. The summed E-state index contributed by atoms with van der Waals surface area (Å²) in [5, 5.41) is 14.3. The summed E-state index contributed by atoms with van der Waals surface area (Å²) in [6.45, 7) is 1.64. The number of nitrogens with zero attached hydrogens (tertiary/aromatic N) is 5. The molecule has 0 atom stereocenters. The lowest BCUT2D eigenvalue weighted by atomic mass is 10.2. The molecule has 0 saturated carbocycles. The molecule has 2 aliphatic rings. The maximum atomic E-state index is 6.01. The molecule has 1 aliphatic carbocycles. The molecule has 0 radical (unpaired) electrons. The lowest BCUT2D eigenvalue weighted by Gasteiger charge is -2.10. The monoisotopic (exact) mass is 468 g/mol. The van der Waals surface area contributed by atoms with Crippen LogP contribution in [0.4, 0.5) is 5.82 Å². The van der Waals surface area contributed by atoms with E-state index >= 15 is 0 Å². The number of halogens is 1. The van der Waals surface area contributed by atoms with Gasteiger partial charge in [0.05, 0.1) is 17.7 Å². The van der Waals surface area contributed by atoms with Gasteiger partial charge < -0.3 is 9.88 Å². The largest absolute Gasteiger partial charge is 0.362 e. The number of aryl methyl sites for hydroxylation is 3. The van der Waals surface area contributed by atoms with Gasteiger partial charge in [-0.3, -0.25) is 0 Å². The number of anilines is 1. The van der Waals surface area contributed by atoms with Crippen molar-refractivity contribution in [1.82, 2.24) is 24.7 Å². The van der Waals surface area contributed by atoms with Gasteiger partial charge in [-0.15, -0.1) is 33.3 Å². The van der Waals surface area contributed by atoms with E-state index in [-0.39, 0.29) is 0 Å².